The van der Waals surface area contributed by atoms with E-state index in [4.69, 9.17) is 25.2 Å². The molecular formula is C24H30N6O5. The highest BCUT2D eigenvalue weighted by Gasteiger charge is 2.35. The zero-order chi connectivity index (χ0) is 24.7. The number of fused-ring (bicyclic) bond motifs is 3. The van der Waals surface area contributed by atoms with Crippen LogP contribution in [0.25, 0.3) is 22.4 Å². The Morgan fingerprint density at radius 3 is 2.66 bits per heavy atom. The van der Waals surface area contributed by atoms with Gasteiger partial charge in [0.25, 0.3) is 0 Å². The van der Waals surface area contributed by atoms with Gasteiger partial charge in [-0.1, -0.05) is 0 Å². The zero-order valence-corrected chi connectivity index (χ0v) is 19.8. The van der Waals surface area contributed by atoms with Gasteiger partial charge in [-0.15, -0.1) is 0 Å². The van der Waals surface area contributed by atoms with E-state index in [1.165, 1.54) is 0 Å². The molecule has 0 aliphatic carbocycles. The number of aromatic nitrogens is 4. The van der Waals surface area contributed by atoms with E-state index in [2.05, 4.69) is 10.00 Å². The van der Waals surface area contributed by atoms with E-state index in [0.29, 0.717) is 17.0 Å². The van der Waals surface area contributed by atoms with Crippen LogP contribution >= 0.6 is 0 Å². The van der Waals surface area contributed by atoms with Crippen molar-refractivity contribution in [2.75, 3.05) is 24.6 Å². The highest BCUT2D eigenvalue weighted by Crippen LogP contribution is 2.35. The molecule has 2 aliphatic rings. The lowest BCUT2D eigenvalue weighted by atomic mass is 10.0. The Morgan fingerprint density at radius 2 is 2.00 bits per heavy atom. The summed E-state index contributed by atoms with van der Waals surface area (Å²) < 4.78 is 13.0. The van der Waals surface area contributed by atoms with Crippen LogP contribution in [0.4, 0.5) is 10.6 Å². The summed E-state index contributed by atoms with van der Waals surface area (Å²) in [4.78, 5) is 23.4. The smallest absolute Gasteiger partial charge is 0.409 e. The number of hydrogen-bond donors (Lipinski definition) is 3. The molecule has 2 aliphatic heterocycles. The number of rotatable bonds is 7. The molecule has 11 nitrogen and oxygen atoms in total. The van der Waals surface area contributed by atoms with Gasteiger partial charge in [0.05, 0.1) is 36.5 Å². The quantitative estimate of drug-likeness (QED) is 0.458. The second-order valence-electron chi connectivity index (χ2n) is 9.44. The van der Waals surface area contributed by atoms with Crippen molar-refractivity contribution in [3.05, 3.63) is 30.0 Å². The Labute approximate surface area is 202 Å². The van der Waals surface area contributed by atoms with Crippen LogP contribution in [-0.2, 0) is 11.2 Å². The molecule has 1 aromatic carbocycles. The molecule has 2 bridgehead atoms. The van der Waals surface area contributed by atoms with E-state index in [0.717, 1.165) is 42.8 Å². The van der Waals surface area contributed by atoms with Gasteiger partial charge in [-0.2, -0.15) is 5.10 Å². The molecule has 2 aromatic heterocycles. The molecule has 186 valence electrons. The van der Waals surface area contributed by atoms with Crippen LogP contribution in [-0.4, -0.2) is 74.1 Å². The molecular weight excluding hydrogens is 452 g/mol. The van der Waals surface area contributed by atoms with Crippen molar-refractivity contribution in [3.8, 4) is 17.1 Å². The Hall–Kier alpha value is -3.28. The normalized spacial score (nSPS) is 20.5. The molecule has 3 atom stereocenters. The van der Waals surface area contributed by atoms with Gasteiger partial charge < -0.3 is 30.3 Å². The molecule has 4 N–H and O–H groups in total. The third-order valence-corrected chi connectivity index (χ3v) is 6.46. The largest absolute Gasteiger partial charge is 0.410 e. The first-order valence-corrected chi connectivity index (χ1v) is 11.9. The van der Waals surface area contributed by atoms with Crippen LogP contribution in [0.3, 0.4) is 0 Å². The van der Waals surface area contributed by atoms with Gasteiger partial charge in [-0.25, -0.2) is 19.4 Å². The van der Waals surface area contributed by atoms with Crippen molar-refractivity contribution in [2.45, 2.75) is 57.5 Å². The van der Waals surface area contributed by atoms with Crippen molar-refractivity contribution in [3.63, 3.8) is 0 Å². The standard InChI is InChI=1S/C24H30N6O5/c1-13(2)30-23-19(9-26-30)22(29-10-17-4-5-18(11-29)34-17)27-21(28-23)14-3-6-20(35-24(25)33)15(7-14)8-16(32)12-31/h3,6-7,9,13,16-18,31-32H,4-5,8,10-12H2,1-2H3,(H2,25,33). The maximum atomic E-state index is 11.4. The first kappa shape index (κ1) is 23.5. The summed E-state index contributed by atoms with van der Waals surface area (Å²) >= 11 is 0. The summed E-state index contributed by atoms with van der Waals surface area (Å²) in [7, 11) is 0. The minimum absolute atomic E-state index is 0.0683. The topological polar surface area (TPSA) is 149 Å². The Kier molecular flexibility index (Phi) is 6.30. The van der Waals surface area contributed by atoms with Gasteiger partial charge >= 0.3 is 6.09 Å². The number of anilines is 1. The van der Waals surface area contributed by atoms with Crippen molar-refractivity contribution in [1.82, 2.24) is 19.7 Å². The molecule has 0 saturated carbocycles. The fourth-order valence-electron chi connectivity index (χ4n) is 4.85. The lowest BCUT2D eigenvalue weighted by molar-refractivity contribution is 0.0303. The van der Waals surface area contributed by atoms with Crippen LogP contribution in [0, 0.1) is 0 Å². The molecule has 4 heterocycles. The van der Waals surface area contributed by atoms with Gasteiger partial charge in [-0.05, 0) is 50.5 Å². The lowest BCUT2D eigenvalue weighted by Crippen LogP contribution is -2.43. The Balaban J connectivity index is 1.62. The van der Waals surface area contributed by atoms with E-state index >= 15 is 0 Å². The van der Waals surface area contributed by atoms with Crippen molar-refractivity contribution in [2.24, 2.45) is 5.73 Å². The number of nitrogens with two attached hydrogens (primary N) is 1. The number of amides is 1. The predicted octanol–water partition coefficient (Wildman–Crippen LogP) is 1.79. The number of benzene rings is 1. The maximum absolute atomic E-state index is 11.4. The van der Waals surface area contributed by atoms with E-state index < -0.39 is 18.8 Å². The number of carbonyl (C=O) groups excluding carboxylic acids is 1. The second-order valence-corrected chi connectivity index (χ2v) is 9.44. The summed E-state index contributed by atoms with van der Waals surface area (Å²) in [6.45, 7) is 5.18. The summed E-state index contributed by atoms with van der Waals surface area (Å²) in [5, 5.41) is 24.8. The molecule has 3 aromatic rings. The van der Waals surface area contributed by atoms with Gasteiger partial charge in [-0.3, -0.25) is 0 Å². The highest BCUT2D eigenvalue weighted by atomic mass is 16.5. The number of nitrogens with zero attached hydrogens (tertiary/aromatic N) is 5. The molecule has 2 fully saturated rings. The lowest BCUT2D eigenvalue weighted by Gasteiger charge is -2.33. The van der Waals surface area contributed by atoms with E-state index in [1.54, 1.807) is 18.2 Å². The Bertz CT molecular complexity index is 1230. The number of primary amides is 1. The monoisotopic (exact) mass is 482 g/mol. The van der Waals surface area contributed by atoms with Gasteiger partial charge in [0.2, 0.25) is 0 Å². The predicted molar refractivity (Wildman–Crippen MR) is 128 cm³/mol. The average Bonchev–Trinajstić information content (AvgIpc) is 3.41. The number of morpholine rings is 1. The van der Waals surface area contributed by atoms with E-state index in [1.807, 2.05) is 24.7 Å². The zero-order valence-electron chi connectivity index (χ0n) is 19.8. The number of hydrogen-bond acceptors (Lipinski definition) is 9. The summed E-state index contributed by atoms with van der Waals surface area (Å²) in [6.07, 6.45) is 2.39. The Morgan fingerprint density at radius 1 is 1.26 bits per heavy atom. The number of ether oxygens (including phenoxy) is 2. The minimum atomic E-state index is -1.02. The SMILES string of the molecule is CC(C)n1ncc2c(N3CC4CCC(C3)O4)nc(-c3ccc(OC(N)=O)c(CC(O)CO)c3)nc21. The molecule has 11 heteroatoms. The van der Waals surface area contributed by atoms with Crippen molar-refractivity contribution >= 4 is 22.9 Å². The van der Waals surface area contributed by atoms with Gasteiger partial charge in [0.1, 0.15) is 11.6 Å². The first-order chi connectivity index (χ1) is 16.8. The highest BCUT2D eigenvalue weighted by molar-refractivity contribution is 5.89. The summed E-state index contributed by atoms with van der Waals surface area (Å²) in [6, 6.07) is 5.20. The van der Waals surface area contributed by atoms with Crippen LogP contribution in [0.2, 0.25) is 0 Å². The van der Waals surface area contributed by atoms with Crippen LogP contribution in [0.5, 0.6) is 5.75 Å². The number of aliphatic hydroxyl groups excluding tert-OH is 2. The van der Waals surface area contributed by atoms with Gasteiger partial charge in [0.15, 0.2) is 11.5 Å². The molecule has 5 rings (SSSR count). The fourth-order valence-corrected chi connectivity index (χ4v) is 4.85. The molecule has 2 saturated heterocycles. The summed E-state index contributed by atoms with van der Waals surface area (Å²) in [5.74, 6) is 1.51. The minimum Gasteiger partial charge on any atom is -0.410 e. The van der Waals surface area contributed by atoms with E-state index in [-0.39, 0.29) is 30.4 Å². The maximum Gasteiger partial charge on any atom is 0.409 e. The van der Waals surface area contributed by atoms with E-state index in [9.17, 15) is 15.0 Å². The molecule has 3 unspecified atom stereocenters. The van der Waals surface area contributed by atoms with Crippen LogP contribution in [0.15, 0.2) is 24.4 Å². The third-order valence-electron chi connectivity index (χ3n) is 6.46. The van der Waals surface area contributed by atoms with Gasteiger partial charge in [0, 0.05) is 31.1 Å². The molecule has 1 amide bonds. The third kappa shape index (κ3) is 4.66. The molecule has 0 radical (unpaired) electrons. The van der Waals surface area contributed by atoms with Crippen LogP contribution in [0.1, 0.15) is 38.3 Å². The first-order valence-electron chi connectivity index (χ1n) is 11.9. The van der Waals surface area contributed by atoms with Crippen LogP contribution < -0.4 is 15.4 Å². The summed E-state index contributed by atoms with van der Waals surface area (Å²) in [5.41, 5.74) is 7.13. The molecule has 0 spiro atoms. The number of aliphatic hydroxyl groups is 2. The average molecular weight is 483 g/mol. The second kappa shape index (κ2) is 9.40. The molecule has 35 heavy (non-hydrogen) atoms. The van der Waals surface area contributed by atoms with Crippen molar-refractivity contribution in [1.29, 1.82) is 0 Å². The number of carbonyl (C=O) groups is 1. The van der Waals surface area contributed by atoms with Crippen molar-refractivity contribution < 1.29 is 24.5 Å². The fraction of sp³-hybridized carbons (Fsp3) is 0.500.